The van der Waals surface area contributed by atoms with E-state index in [1.165, 1.54) is 6.42 Å². The number of nitrogens with zero attached hydrogens (tertiary/aromatic N) is 4. The molecule has 110 valence electrons. The van der Waals surface area contributed by atoms with Crippen LogP contribution >= 0.6 is 0 Å². The van der Waals surface area contributed by atoms with E-state index in [4.69, 9.17) is 4.74 Å². The van der Waals surface area contributed by atoms with E-state index in [2.05, 4.69) is 10.3 Å². The van der Waals surface area contributed by atoms with Crippen LogP contribution in [0.15, 0.2) is 6.20 Å². The highest BCUT2D eigenvalue weighted by Crippen LogP contribution is 2.20. The van der Waals surface area contributed by atoms with E-state index >= 15 is 0 Å². The standard InChI is InChI=1S/C14H22N4O2/c19-14-6-2-4-8-18-13(9-15-16-18)11-20-10-12-5-1-3-7-17(12)14/h9,12H,1-8,10-11H2. The molecule has 0 radical (unpaired) electrons. The molecule has 20 heavy (non-hydrogen) atoms. The van der Waals surface area contributed by atoms with Crippen LogP contribution in [0.25, 0.3) is 0 Å². The fraction of sp³-hybridized carbons (Fsp3) is 0.786. The Balaban J connectivity index is 1.70. The SMILES string of the molecule is O=C1CCCCn2nncc2COCC2CCCCN12. The van der Waals surface area contributed by atoms with Gasteiger partial charge in [-0.25, -0.2) is 4.68 Å². The molecule has 1 fully saturated rings. The summed E-state index contributed by atoms with van der Waals surface area (Å²) in [6.45, 7) is 2.87. The zero-order valence-corrected chi connectivity index (χ0v) is 11.8. The fourth-order valence-corrected chi connectivity index (χ4v) is 3.06. The molecule has 3 rings (SSSR count). The van der Waals surface area contributed by atoms with Crippen LogP contribution in [-0.2, 0) is 22.7 Å². The molecular formula is C14H22N4O2. The molecule has 0 N–H and O–H groups in total. The van der Waals surface area contributed by atoms with Gasteiger partial charge in [-0.3, -0.25) is 4.79 Å². The van der Waals surface area contributed by atoms with Crippen LogP contribution < -0.4 is 0 Å². The Morgan fingerprint density at radius 2 is 2.10 bits per heavy atom. The van der Waals surface area contributed by atoms with E-state index in [-0.39, 0.29) is 11.9 Å². The van der Waals surface area contributed by atoms with Crippen molar-refractivity contribution in [3.05, 3.63) is 11.9 Å². The zero-order chi connectivity index (χ0) is 13.8. The second-order valence-electron chi connectivity index (χ2n) is 5.66. The molecule has 2 aliphatic rings. The maximum Gasteiger partial charge on any atom is 0.222 e. The number of fused-ring (bicyclic) bond motifs is 2. The first kappa shape index (κ1) is 13.5. The van der Waals surface area contributed by atoms with Crippen LogP contribution in [-0.4, -0.2) is 45.0 Å². The Morgan fingerprint density at radius 3 is 3.05 bits per heavy atom. The van der Waals surface area contributed by atoms with E-state index < -0.39 is 0 Å². The lowest BCUT2D eigenvalue weighted by Gasteiger charge is -2.36. The number of carbonyl (C=O) groups excluding carboxylic acids is 1. The molecule has 1 atom stereocenters. The van der Waals surface area contributed by atoms with Crippen molar-refractivity contribution in [1.82, 2.24) is 19.9 Å². The first-order valence-electron chi connectivity index (χ1n) is 7.59. The average Bonchev–Trinajstić information content (AvgIpc) is 2.90. The highest BCUT2D eigenvalue weighted by Gasteiger charge is 2.26. The van der Waals surface area contributed by atoms with Gasteiger partial charge in [0.2, 0.25) is 5.91 Å². The van der Waals surface area contributed by atoms with Crippen LogP contribution in [0.4, 0.5) is 0 Å². The number of ether oxygens (including phenoxy) is 1. The average molecular weight is 278 g/mol. The summed E-state index contributed by atoms with van der Waals surface area (Å²) >= 11 is 0. The molecule has 0 aromatic carbocycles. The third-order valence-electron chi connectivity index (χ3n) is 4.22. The maximum absolute atomic E-state index is 12.3. The summed E-state index contributed by atoms with van der Waals surface area (Å²) in [7, 11) is 0. The van der Waals surface area contributed by atoms with Crippen LogP contribution in [0.3, 0.4) is 0 Å². The van der Waals surface area contributed by atoms with Crippen LogP contribution in [0.5, 0.6) is 0 Å². The zero-order valence-electron chi connectivity index (χ0n) is 11.8. The fourth-order valence-electron chi connectivity index (χ4n) is 3.06. The molecule has 6 heteroatoms. The van der Waals surface area contributed by atoms with Gasteiger partial charge in [0.25, 0.3) is 0 Å². The molecule has 0 aliphatic carbocycles. The van der Waals surface area contributed by atoms with E-state index in [9.17, 15) is 4.79 Å². The summed E-state index contributed by atoms with van der Waals surface area (Å²) in [4.78, 5) is 14.3. The molecule has 1 unspecified atom stereocenters. The predicted octanol–water partition coefficient (Wildman–Crippen LogP) is 1.36. The second kappa shape index (κ2) is 6.35. The summed E-state index contributed by atoms with van der Waals surface area (Å²) < 4.78 is 7.71. The minimum atomic E-state index is 0.250. The van der Waals surface area contributed by atoms with Gasteiger partial charge in [-0.1, -0.05) is 5.21 Å². The summed E-state index contributed by atoms with van der Waals surface area (Å²) in [6.07, 6.45) is 7.67. The van der Waals surface area contributed by atoms with Crippen molar-refractivity contribution < 1.29 is 9.53 Å². The maximum atomic E-state index is 12.3. The molecule has 1 aromatic heterocycles. The highest BCUT2D eigenvalue weighted by atomic mass is 16.5. The number of rotatable bonds is 0. The summed E-state index contributed by atoms with van der Waals surface area (Å²) in [5.74, 6) is 0.290. The van der Waals surface area contributed by atoms with Gasteiger partial charge in [0.15, 0.2) is 0 Å². The number of aromatic nitrogens is 3. The normalized spacial score (nSPS) is 25.3. The van der Waals surface area contributed by atoms with Crippen LogP contribution in [0.1, 0.15) is 44.2 Å². The first-order chi connectivity index (χ1) is 9.84. The number of hydrogen-bond acceptors (Lipinski definition) is 4. The van der Waals surface area contributed by atoms with Gasteiger partial charge in [-0.2, -0.15) is 0 Å². The van der Waals surface area contributed by atoms with Gasteiger partial charge >= 0.3 is 0 Å². The topological polar surface area (TPSA) is 60.3 Å². The molecule has 3 heterocycles. The molecule has 1 saturated heterocycles. The number of aryl methyl sites for hydroxylation is 1. The van der Waals surface area contributed by atoms with E-state index in [0.717, 1.165) is 44.5 Å². The van der Waals surface area contributed by atoms with Crippen molar-refractivity contribution >= 4 is 5.91 Å². The predicted molar refractivity (Wildman–Crippen MR) is 72.9 cm³/mol. The Hall–Kier alpha value is -1.43. The lowest BCUT2D eigenvalue weighted by Crippen LogP contribution is -2.46. The summed E-state index contributed by atoms with van der Waals surface area (Å²) in [5, 5.41) is 8.02. The number of amides is 1. The van der Waals surface area contributed by atoms with Crippen LogP contribution in [0.2, 0.25) is 0 Å². The Kier molecular flexibility index (Phi) is 4.30. The van der Waals surface area contributed by atoms with Gasteiger partial charge in [-0.05, 0) is 32.1 Å². The van der Waals surface area contributed by atoms with Crippen molar-refractivity contribution in [3.63, 3.8) is 0 Å². The molecule has 1 aromatic rings. The van der Waals surface area contributed by atoms with Crippen molar-refractivity contribution in [2.24, 2.45) is 0 Å². The third kappa shape index (κ3) is 3.00. The first-order valence-corrected chi connectivity index (χ1v) is 7.59. The lowest BCUT2D eigenvalue weighted by molar-refractivity contribution is -0.136. The molecular weight excluding hydrogens is 256 g/mol. The minimum Gasteiger partial charge on any atom is -0.373 e. The largest absolute Gasteiger partial charge is 0.373 e. The van der Waals surface area contributed by atoms with Crippen LogP contribution in [0, 0.1) is 0 Å². The number of piperidine rings is 1. The van der Waals surface area contributed by atoms with E-state index in [1.54, 1.807) is 6.20 Å². The van der Waals surface area contributed by atoms with E-state index in [0.29, 0.717) is 19.6 Å². The molecule has 0 bridgehead atoms. The molecule has 0 saturated carbocycles. The minimum absolute atomic E-state index is 0.250. The highest BCUT2D eigenvalue weighted by molar-refractivity contribution is 5.76. The number of carbonyl (C=O) groups is 1. The van der Waals surface area contributed by atoms with Gasteiger partial charge in [0, 0.05) is 19.5 Å². The van der Waals surface area contributed by atoms with Crippen molar-refractivity contribution in [2.45, 2.75) is 57.7 Å². The summed E-state index contributed by atoms with van der Waals surface area (Å²) in [6, 6.07) is 0.250. The molecule has 1 amide bonds. The quantitative estimate of drug-likeness (QED) is 0.719. The summed E-state index contributed by atoms with van der Waals surface area (Å²) in [5.41, 5.74) is 1.03. The Morgan fingerprint density at radius 1 is 1.20 bits per heavy atom. The smallest absolute Gasteiger partial charge is 0.222 e. The lowest BCUT2D eigenvalue weighted by atomic mass is 10.0. The second-order valence-corrected chi connectivity index (χ2v) is 5.66. The van der Waals surface area contributed by atoms with E-state index in [1.807, 2.05) is 9.58 Å². The van der Waals surface area contributed by atoms with Gasteiger partial charge < -0.3 is 9.64 Å². The molecule has 0 spiro atoms. The monoisotopic (exact) mass is 278 g/mol. The Bertz CT molecular complexity index is 460. The Labute approximate surface area is 119 Å². The van der Waals surface area contributed by atoms with Gasteiger partial charge in [0.1, 0.15) is 0 Å². The molecule has 6 nitrogen and oxygen atoms in total. The molecule has 2 aliphatic heterocycles. The van der Waals surface area contributed by atoms with Crippen molar-refractivity contribution in [2.75, 3.05) is 13.2 Å². The van der Waals surface area contributed by atoms with Crippen molar-refractivity contribution in [1.29, 1.82) is 0 Å². The van der Waals surface area contributed by atoms with Gasteiger partial charge in [-0.15, -0.1) is 5.10 Å². The number of hydrogen-bond donors (Lipinski definition) is 0. The van der Waals surface area contributed by atoms with Crippen molar-refractivity contribution in [3.8, 4) is 0 Å². The van der Waals surface area contributed by atoms with Gasteiger partial charge in [0.05, 0.1) is 31.1 Å². The third-order valence-corrected chi connectivity index (χ3v) is 4.22.